The third-order valence-corrected chi connectivity index (χ3v) is 12.8. The van der Waals surface area contributed by atoms with E-state index in [4.69, 9.17) is 24.3 Å². The second-order valence-corrected chi connectivity index (χ2v) is 19.1. The van der Waals surface area contributed by atoms with Crippen molar-refractivity contribution < 1.29 is 57.7 Å². The summed E-state index contributed by atoms with van der Waals surface area (Å²) in [5, 5.41) is 31.3. The number of hydrogen-bond donors (Lipinski definition) is 5. The number of aliphatic hydroxyl groups is 3. The van der Waals surface area contributed by atoms with E-state index in [1.54, 1.807) is 12.2 Å². The first-order valence-electron chi connectivity index (χ1n) is 25.0. The van der Waals surface area contributed by atoms with E-state index in [0.29, 0.717) is 25.7 Å². The third kappa shape index (κ3) is 33.2. The maximum absolute atomic E-state index is 12.8. The molecule has 14 heteroatoms. The molecule has 0 radical (unpaired) electrons. The summed E-state index contributed by atoms with van der Waals surface area (Å²) in [6, 6.07) is 0. The summed E-state index contributed by atoms with van der Waals surface area (Å²) in [6.07, 6.45) is 32.7. The van der Waals surface area contributed by atoms with Crippen LogP contribution in [-0.2, 0) is 37.5 Å². The van der Waals surface area contributed by atoms with Gasteiger partial charge in [-0.1, -0.05) is 147 Å². The predicted octanol–water partition coefficient (Wildman–Crippen LogP) is 10.3. The van der Waals surface area contributed by atoms with E-state index in [2.05, 4.69) is 26.0 Å². The van der Waals surface area contributed by atoms with Crippen molar-refractivity contribution in [2.75, 3.05) is 26.4 Å². The summed E-state index contributed by atoms with van der Waals surface area (Å²) in [4.78, 5) is 48.0. The molecule has 0 aromatic heterocycles. The molecule has 7 atom stereocenters. The molecule has 63 heavy (non-hydrogen) atoms. The second-order valence-electron chi connectivity index (χ2n) is 17.6. The Morgan fingerprint density at radius 3 is 1.81 bits per heavy atom. The average molecular weight is 916 g/mol. The van der Waals surface area contributed by atoms with E-state index in [0.717, 1.165) is 38.5 Å². The summed E-state index contributed by atoms with van der Waals surface area (Å²) in [7, 11) is -4.47. The van der Waals surface area contributed by atoms with Crippen molar-refractivity contribution in [3.8, 4) is 0 Å². The van der Waals surface area contributed by atoms with Crippen LogP contribution in [0.1, 0.15) is 206 Å². The first-order chi connectivity index (χ1) is 30.4. The van der Waals surface area contributed by atoms with Crippen LogP contribution >= 0.6 is 7.82 Å². The van der Waals surface area contributed by atoms with Gasteiger partial charge in [0.2, 0.25) is 0 Å². The van der Waals surface area contributed by atoms with Gasteiger partial charge in [-0.25, -0.2) is 4.57 Å². The molecule has 0 aromatic rings. The lowest BCUT2D eigenvalue weighted by Gasteiger charge is -2.20. The van der Waals surface area contributed by atoms with Crippen molar-refractivity contribution in [1.82, 2.24) is 0 Å². The van der Waals surface area contributed by atoms with Gasteiger partial charge in [0, 0.05) is 50.5 Å². The van der Waals surface area contributed by atoms with E-state index in [-0.39, 0.29) is 57.6 Å². The Labute approximate surface area is 381 Å². The number of aliphatic hydroxyl groups excluding tert-OH is 3. The first-order valence-corrected chi connectivity index (χ1v) is 26.5. The fraction of sp³-hybridized carbons (Fsp3) is 0.857. The lowest BCUT2D eigenvalue weighted by molar-refractivity contribution is -0.161. The SMILES string of the molecule is CCCCCCCC/C=C\CCCCCCCCCCCCCC(=O)O[C@H](COC(=O)CCCCC(=O)C[C@@H]1[C@@H](/C=C/[C@@H](O)CCCCC)[C@H](O)C[C@@H]1O)COP(=O)(O)OCCN. The van der Waals surface area contributed by atoms with Crippen LogP contribution in [-0.4, -0.2) is 88.7 Å². The highest BCUT2D eigenvalue weighted by atomic mass is 31.2. The van der Waals surface area contributed by atoms with Gasteiger partial charge in [0.05, 0.1) is 31.5 Å². The number of allylic oxidation sites excluding steroid dienone is 2. The topological polar surface area (TPSA) is 212 Å². The molecule has 0 aromatic carbocycles. The third-order valence-electron chi connectivity index (χ3n) is 11.8. The van der Waals surface area contributed by atoms with Crippen LogP contribution in [0.15, 0.2) is 24.3 Å². The largest absolute Gasteiger partial charge is 0.472 e. The summed E-state index contributed by atoms with van der Waals surface area (Å²) >= 11 is 0. The lowest BCUT2D eigenvalue weighted by atomic mass is 9.87. The van der Waals surface area contributed by atoms with Crippen LogP contribution in [0.3, 0.4) is 0 Å². The monoisotopic (exact) mass is 916 g/mol. The molecule has 1 rings (SSSR count). The van der Waals surface area contributed by atoms with E-state index in [1.807, 2.05) is 0 Å². The quantitative estimate of drug-likeness (QED) is 0.0167. The molecule has 0 amide bonds. The first kappa shape index (κ1) is 59.1. The normalized spacial score (nSPS) is 19.7. The van der Waals surface area contributed by atoms with Crippen molar-refractivity contribution in [2.24, 2.45) is 17.6 Å². The maximum Gasteiger partial charge on any atom is 0.472 e. The molecular formula is C49H90NO12P. The number of Topliss-reactive ketones (excluding diaryl/α,β-unsaturated/α-hetero) is 1. The molecule has 0 aliphatic heterocycles. The molecule has 0 saturated heterocycles. The van der Waals surface area contributed by atoms with Gasteiger partial charge in [-0.05, 0) is 51.4 Å². The Morgan fingerprint density at radius 2 is 1.21 bits per heavy atom. The average Bonchev–Trinajstić information content (AvgIpc) is 3.52. The predicted molar refractivity (Wildman–Crippen MR) is 250 cm³/mol. The Hall–Kier alpha value is -1.96. The fourth-order valence-corrected chi connectivity index (χ4v) is 8.74. The number of rotatable bonds is 43. The molecule has 6 N–H and O–H groups in total. The Kier molecular flexibility index (Phi) is 36.8. The van der Waals surface area contributed by atoms with Gasteiger partial charge >= 0.3 is 19.8 Å². The minimum absolute atomic E-state index is 0.000993. The molecular weight excluding hydrogens is 826 g/mol. The number of esters is 2. The van der Waals surface area contributed by atoms with E-state index >= 15 is 0 Å². The van der Waals surface area contributed by atoms with Crippen LogP contribution in [0.2, 0.25) is 0 Å². The molecule has 0 bridgehead atoms. The van der Waals surface area contributed by atoms with Gasteiger partial charge in [-0.15, -0.1) is 0 Å². The molecule has 1 aliphatic rings. The van der Waals surface area contributed by atoms with Crippen LogP contribution in [0, 0.1) is 11.8 Å². The summed E-state index contributed by atoms with van der Waals surface area (Å²) < 4.78 is 32.8. The van der Waals surface area contributed by atoms with Crippen molar-refractivity contribution in [3.05, 3.63) is 24.3 Å². The van der Waals surface area contributed by atoms with Gasteiger partial charge in [0.1, 0.15) is 12.4 Å². The van der Waals surface area contributed by atoms with Gasteiger partial charge in [0.15, 0.2) is 6.10 Å². The highest BCUT2D eigenvalue weighted by Crippen LogP contribution is 2.43. The van der Waals surface area contributed by atoms with Crippen LogP contribution in [0.25, 0.3) is 0 Å². The highest BCUT2D eigenvalue weighted by Gasteiger charge is 2.41. The zero-order chi connectivity index (χ0) is 46.4. The minimum atomic E-state index is -4.47. The zero-order valence-corrected chi connectivity index (χ0v) is 40.3. The molecule has 13 nitrogen and oxygen atoms in total. The van der Waals surface area contributed by atoms with Crippen molar-refractivity contribution in [3.63, 3.8) is 0 Å². The van der Waals surface area contributed by atoms with Gasteiger partial charge in [0.25, 0.3) is 0 Å². The van der Waals surface area contributed by atoms with Crippen molar-refractivity contribution in [2.45, 2.75) is 231 Å². The minimum Gasteiger partial charge on any atom is -0.462 e. The van der Waals surface area contributed by atoms with Crippen LogP contribution in [0.5, 0.6) is 0 Å². The van der Waals surface area contributed by atoms with Gasteiger partial charge in [-0.2, -0.15) is 0 Å². The maximum atomic E-state index is 12.8. The number of nitrogens with two attached hydrogens (primary N) is 1. The van der Waals surface area contributed by atoms with E-state index < -0.39 is 62.6 Å². The number of phosphoric ester groups is 1. The van der Waals surface area contributed by atoms with Crippen LogP contribution in [0.4, 0.5) is 0 Å². The number of phosphoric acid groups is 1. The van der Waals surface area contributed by atoms with E-state index in [1.165, 1.54) is 96.3 Å². The lowest BCUT2D eigenvalue weighted by Crippen LogP contribution is -2.29. The molecule has 1 fully saturated rings. The van der Waals surface area contributed by atoms with E-state index in [9.17, 15) is 39.2 Å². The smallest absolute Gasteiger partial charge is 0.462 e. The summed E-state index contributed by atoms with van der Waals surface area (Å²) in [6.45, 7) is 3.22. The Morgan fingerprint density at radius 1 is 0.683 bits per heavy atom. The zero-order valence-electron chi connectivity index (χ0n) is 39.4. The Bertz CT molecular complexity index is 1260. The highest BCUT2D eigenvalue weighted by molar-refractivity contribution is 7.47. The number of carbonyl (C=O) groups excluding carboxylic acids is 3. The fourth-order valence-electron chi connectivity index (χ4n) is 7.98. The molecule has 1 unspecified atom stereocenters. The number of ether oxygens (including phenoxy) is 2. The van der Waals surface area contributed by atoms with Gasteiger partial charge in [-0.3, -0.25) is 23.4 Å². The van der Waals surface area contributed by atoms with Crippen molar-refractivity contribution in [1.29, 1.82) is 0 Å². The molecule has 0 spiro atoms. The summed E-state index contributed by atoms with van der Waals surface area (Å²) in [5.41, 5.74) is 5.35. The van der Waals surface area contributed by atoms with Crippen molar-refractivity contribution >= 4 is 25.5 Å². The van der Waals surface area contributed by atoms with Gasteiger partial charge < -0.3 is 35.4 Å². The molecule has 1 aliphatic carbocycles. The number of ketones is 1. The number of unbranched alkanes of at least 4 members (excludes halogenated alkanes) is 20. The summed E-state index contributed by atoms with van der Waals surface area (Å²) in [5.74, 6) is -2.09. The Balaban J connectivity index is 2.32. The van der Waals surface area contributed by atoms with Crippen LogP contribution < -0.4 is 5.73 Å². The number of hydrogen-bond acceptors (Lipinski definition) is 12. The molecule has 0 heterocycles. The second kappa shape index (κ2) is 39.2. The standard InChI is InChI=1S/C49H90NO12P/c1-3-5-7-8-9-10-11-12-13-14-15-16-17-18-19-20-21-22-23-24-26-32-49(56)62-43(40-61-63(57,58)60-36-35-50)39-59-48(55)31-28-27-30-42(52)37-45-44(46(53)38-47(45)54)34-33-41(51)29-25-6-4-2/h12-13,33-34,41,43-47,51,53-54H,3-11,14-32,35-40,50H2,1-2H3,(H,57,58)/b13-12-,34-33+/t41-,43+,44+,45+,46+,47-/m0/s1. The molecule has 1 saturated carbocycles. The molecule has 368 valence electrons. The number of carbonyl (C=O) groups is 3.